The SMILES string of the molecule is CN1CCC(CCCn2ccc(C(=O)NCc3ccc4c(N)nccc4c3)n2)CC1. The number of nitrogens with zero attached hydrogens (tertiary/aromatic N) is 4. The predicted octanol–water partition coefficient (Wildman–Crippen LogP) is 3.07. The van der Waals surface area contributed by atoms with Gasteiger partial charge in [0.15, 0.2) is 0 Å². The molecule has 0 atom stereocenters. The lowest BCUT2D eigenvalue weighted by Crippen LogP contribution is -2.30. The summed E-state index contributed by atoms with van der Waals surface area (Å²) < 4.78 is 1.88. The minimum atomic E-state index is -0.154. The Kier molecular flexibility index (Phi) is 6.28. The van der Waals surface area contributed by atoms with Crippen LogP contribution in [-0.4, -0.2) is 45.7 Å². The first-order chi connectivity index (χ1) is 14.6. The Hall–Kier alpha value is -2.93. The average Bonchev–Trinajstić information content (AvgIpc) is 3.23. The number of nitrogens with two attached hydrogens (primary N) is 1. The number of hydrogen-bond donors (Lipinski definition) is 2. The van der Waals surface area contributed by atoms with E-state index >= 15 is 0 Å². The molecule has 7 nitrogen and oxygen atoms in total. The number of carbonyl (C=O) groups is 1. The maximum atomic E-state index is 12.5. The van der Waals surface area contributed by atoms with Crippen LogP contribution in [0.3, 0.4) is 0 Å². The molecule has 0 radical (unpaired) electrons. The summed E-state index contributed by atoms with van der Waals surface area (Å²) in [4.78, 5) is 19.0. The normalized spacial score (nSPS) is 15.5. The first-order valence-electron chi connectivity index (χ1n) is 10.7. The highest BCUT2D eigenvalue weighted by Crippen LogP contribution is 2.21. The lowest BCUT2D eigenvalue weighted by Gasteiger charge is -2.28. The summed E-state index contributed by atoms with van der Waals surface area (Å²) in [5.41, 5.74) is 7.37. The number of nitrogens with one attached hydrogen (secondary N) is 1. The highest BCUT2D eigenvalue weighted by molar-refractivity contribution is 5.93. The second kappa shape index (κ2) is 9.26. The summed E-state index contributed by atoms with van der Waals surface area (Å²) in [6.45, 7) is 3.72. The highest BCUT2D eigenvalue weighted by atomic mass is 16.1. The van der Waals surface area contributed by atoms with Crippen LogP contribution in [-0.2, 0) is 13.1 Å². The molecule has 0 unspecified atom stereocenters. The number of aromatic nitrogens is 3. The molecule has 1 fully saturated rings. The molecule has 0 aliphatic carbocycles. The van der Waals surface area contributed by atoms with Gasteiger partial charge in [-0.05, 0) is 80.9 Å². The largest absolute Gasteiger partial charge is 0.383 e. The number of hydrogen-bond acceptors (Lipinski definition) is 5. The van der Waals surface area contributed by atoms with Crippen molar-refractivity contribution in [1.82, 2.24) is 25.0 Å². The fourth-order valence-corrected chi connectivity index (χ4v) is 4.13. The Morgan fingerprint density at radius 2 is 2.07 bits per heavy atom. The van der Waals surface area contributed by atoms with Gasteiger partial charge >= 0.3 is 0 Å². The first kappa shape index (κ1) is 20.3. The van der Waals surface area contributed by atoms with Gasteiger partial charge in [-0.15, -0.1) is 0 Å². The Morgan fingerprint density at radius 1 is 1.23 bits per heavy atom. The van der Waals surface area contributed by atoms with E-state index in [0.29, 0.717) is 18.1 Å². The number of rotatable bonds is 7. The Balaban J connectivity index is 1.26. The number of fused-ring (bicyclic) bond motifs is 1. The molecule has 3 N–H and O–H groups in total. The van der Waals surface area contributed by atoms with Crippen LogP contribution in [0.5, 0.6) is 0 Å². The molecule has 1 aliphatic rings. The first-order valence-corrected chi connectivity index (χ1v) is 10.7. The molecule has 0 spiro atoms. The van der Waals surface area contributed by atoms with Crippen molar-refractivity contribution in [3.05, 3.63) is 54.0 Å². The van der Waals surface area contributed by atoms with E-state index in [9.17, 15) is 4.79 Å². The molecule has 30 heavy (non-hydrogen) atoms. The van der Waals surface area contributed by atoms with Gasteiger partial charge in [0.25, 0.3) is 5.91 Å². The maximum Gasteiger partial charge on any atom is 0.272 e. The minimum Gasteiger partial charge on any atom is -0.383 e. The van der Waals surface area contributed by atoms with E-state index in [1.807, 2.05) is 35.1 Å². The van der Waals surface area contributed by atoms with Crippen molar-refractivity contribution >= 4 is 22.5 Å². The van der Waals surface area contributed by atoms with Gasteiger partial charge in [-0.3, -0.25) is 9.48 Å². The molecule has 1 aromatic carbocycles. The number of aryl methyl sites for hydroxylation is 1. The number of piperidine rings is 1. The van der Waals surface area contributed by atoms with Gasteiger partial charge < -0.3 is 16.0 Å². The molecular weight excluding hydrogens is 376 g/mol. The number of carbonyl (C=O) groups excluding carboxylic acids is 1. The van der Waals surface area contributed by atoms with Crippen molar-refractivity contribution in [1.29, 1.82) is 0 Å². The van der Waals surface area contributed by atoms with Crippen molar-refractivity contribution in [2.45, 2.75) is 38.8 Å². The lowest BCUT2D eigenvalue weighted by atomic mass is 9.92. The average molecular weight is 407 g/mol. The third kappa shape index (κ3) is 4.97. The van der Waals surface area contributed by atoms with Crippen LogP contribution in [0.15, 0.2) is 42.7 Å². The summed E-state index contributed by atoms with van der Waals surface area (Å²) in [5.74, 6) is 1.19. The molecule has 3 heterocycles. The van der Waals surface area contributed by atoms with E-state index in [4.69, 9.17) is 5.73 Å². The molecule has 1 amide bonds. The molecule has 1 aliphatic heterocycles. The number of nitrogen functional groups attached to an aromatic ring is 1. The van der Waals surface area contributed by atoms with Crippen LogP contribution in [0.1, 0.15) is 41.7 Å². The zero-order valence-corrected chi connectivity index (χ0v) is 17.6. The van der Waals surface area contributed by atoms with Crippen LogP contribution in [0, 0.1) is 5.92 Å². The van der Waals surface area contributed by atoms with E-state index in [2.05, 4.69) is 27.3 Å². The molecule has 0 saturated carbocycles. The van der Waals surface area contributed by atoms with Gasteiger partial charge in [0.05, 0.1) is 0 Å². The summed E-state index contributed by atoms with van der Waals surface area (Å²) in [6, 6.07) is 9.64. The highest BCUT2D eigenvalue weighted by Gasteiger charge is 2.16. The fourth-order valence-electron chi connectivity index (χ4n) is 4.13. The fraction of sp³-hybridized carbons (Fsp3) is 0.435. The van der Waals surface area contributed by atoms with Crippen LogP contribution < -0.4 is 11.1 Å². The number of pyridine rings is 1. The lowest BCUT2D eigenvalue weighted by molar-refractivity contribution is 0.0945. The van der Waals surface area contributed by atoms with E-state index in [1.54, 1.807) is 12.3 Å². The number of amides is 1. The van der Waals surface area contributed by atoms with Crippen molar-refractivity contribution in [3.63, 3.8) is 0 Å². The van der Waals surface area contributed by atoms with Crippen molar-refractivity contribution in [3.8, 4) is 0 Å². The van der Waals surface area contributed by atoms with E-state index < -0.39 is 0 Å². The van der Waals surface area contributed by atoms with Gasteiger partial charge in [0.1, 0.15) is 11.5 Å². The Labute approximate surface area is 177 Å². The second-order valence-electron chi connectivity index (χ2n) is 8.29. The standard InChI is InChI=1S/C23H30N6O/c1-28-12-7-17(8-13-28)3-2-11-29-14-9-21(27-29)23(30)26-16-18-4-5-20-19(15-18)6-10-25-22(20)24/h4-6,9-10,14-15,17H,2-3,7-8,11-13,16H2,1H3,(H2,24,25)(H,26,30). The topological polar surface area (TPSA) is 89.1 Å². The molecule has 3 aromatic rings. The molecule has 0 bridgehead atoms. The molecule has 4 rings (SSSR count). The Bertz CT molecular complexity index is 1010. The summed E-state index contributed by atoms with van der Waals surface area (Å²) in [5, 5.41) is 9.34. The Morgan fingerprint density at radius 3 is 2.90 bits per heavy atom. The molecule has 2 aromatic heterocycles. The zero-order chi connectivity index (χ0) is 20.9. The van der Waals surface area contributed by atoms with E-state index in [1.165, 1.54) is 32.4 Å². The monoisotopic (exact) mass is 406 g/mol. The van der Waals surface area contributed by atoms with Crippen molar-refractivity contribution < 1.29 is 4.79 Å². The predicted molar refractivity (Wildman–Crippen MR) is 119 cm³/mol. The third-order valence-corrected chi connectivity index (χ3v) is 6.02. The third-order valence-electron chi connectivity index (χ3n) is 6.02. The van der Waals surface area contributed by atoms with Crippen LogP contribution in [0.2, 0.25) is 0 Å². The summed E-state index contributed by atoms with van der Waals surface area (Å²) in [6.07, 6.45) is 8.51. The van der Waals surface area contributed by atoms with Gasteiger partial charge in [0.2, 0.25) is 0 Å². The number of likely N-dealkylation sites (tertiary alicyclic amines) is 1. The van der Waals surface area contributed by atoms with Gasteiger partial charge in [-0.25, -0.2) is 4.98 Å². The molecule has 7 heteroatoms. The van der Waals surface area contributed by atoms with Crippen molar-refractivity contribution in [2.75, 3.05) is 25.9 Å². The number of benzene rings is 1. The van der Waals surface area contributed by atoms with Crippen LogP contribution in [0.4, 0.5) is 5.82 Å². The van der Waals surface area contributed by atoms with Gasteiger partial charge in [-0.1, -0.05) is 12.1 Å². The summed E-state index contributed by atoms with van der Waals surface area (Å²) in [7, 11) is 2.19. The van der Waals surface area contributed by atoms with E-state index in [0.717, 1.165) is 35.2 Å². The molecule has 158 valence electrons. The number of anilines is 1. The molecular formula is C23H30N6O. The van der Waals surface area contributed by atoms with Crippen LogP contribution >= 0.6 is 0 Å². The van der Waals surface area contributed by atoms with Crippen LogP contribution in [0.25, 0.3) is 10.8 Å². The quantitative estimate of drug-likeness (QED) is 0.629. The maximum absolute atomic E-state index is 12.5. The second-order valence-corrected chi connectivity index (χ2v) is 8.29. The smallest absolute Gasteiger partial charge is 0.272 e. The zero-order valence-electron chi connectivity index (χ0n) is 17.6. The molecule has 1 saturated heterocycles. The van der Waals surface area contributed by atoms with E-state index in [-0.39, 0.29) is 5.91 Å². The van der Waals surface area contributed by atoms with Gasteiger partial charge in [0, 0.05) is 30.9 Å². The van der Waals surface area contributed by atoms with Crippen molar-refractivity contribution in [2.24, 2.45) is 5.92 Å². The minimum absolute atomic E-state index is 0.154. The summed E-state index contributed by atoms with van der Waals surface area (Å²) >= 11 is 0. The van der Waals surface area contributed by atoms with Gasteiger partial charge in [-0.2, -0.15) is 5.10 Å².